The summed E-state index contributed by atoms with van der Waals surface area (Å²) in [5, 5.41) is 46.5. The lowest BCUT2D eigenvalue weighted by atomic mass is 9.43. The molecule has 2 bridgehead atoms. The molecule has 384 valence electrons. The van der Waals surface area contributed by atoms with Crippen LogP contribution in [0.2, 0.25) is 0 Å². The van der Waals surface area contributed by atoms with Crippen LogP contribution in [-0.4, -0.2) is 149 Å². The fourth-order valence-corrected chi connectivity index (χ4v) is 9.84. The van der Waals surface area contributed by atoms with E-state index in [1.165, 1.54) is 33.4 Å². The highest BCUT2D eigenvalue weighted by Crippen LogP contribution is 2.65. The van der Waals surface area contributed by atoms with Crippen molar-refractivity contribution in [2.45, 2.75) is 154 Å². The van der Waals surface area contributed by atoms with Crippen molar-refractivity contribution in [2.24, 2.45) is 23.0 Å². The van der Waals surface area contributed by atoms with Crippen molar-refractivity contribution in [3.63, 3.8) is 0 Å². The summed E-state index contributed by atoms with van der Waals surface area (Å²) in [7, 11) is 0.449. The molecule has 3 saturated carbocycles. The van der Waals surface area contributed by atoms with Gasteiger partial charge in [0.25, 0.3) is 5.91 Å². The molecule has 1 aliphatic heterocycles. The van der Waals surface area contributed by atoms with Gasteiger partial charge in [-0.3, -0.25) is 38.9 Å². The van der Waals surface area contributed by atoms with Gasteiger partial charge in [-0.2, -0.15) is 0 Å². The lowest BCUT2D eigenvalue weighted by molar-refractivity contribution is -0.199. The Balaban J connectivity index is 1.07. The molecule has 12 atom stereocenters. The zero-order valence-electron chi connectivity index (χ0n) is 41.7. The van der Waals surface area contributed by atoms with Gasteiger partial charge in [0.1, 0.15) is 30.4 Å². The van der Waals surface area contributed by atoms with Crippen molar-refractivity contribution in [2.75, 3.05) is 20.2 Å². The van der Waals surface area contributed by atoms with Crippen LogP contribution in [-0.2, 0) is 44.5 Å². The first kappa shape index (κ1) is 55.5. The minimum absolute atomic E-state index is 0.107. The second kappa shape index (κ2) is 23.6. The number of rotatable bonds is 24. The van der Waals surface area contributed by atoms with Gasteiger partial charge in [-0.1, -0.05) is 63.6 Å². The standard InChI is InChI=1S/C49H73BN8O12/c1-10-11-12-30-13-15-31(16-14-30)32-17-19-33(20-18-32)44(65)57-36(25-59)46(67)53-26(2)42(63)52-24-40(62)58(9)41(28(4)60)47(68)54-27(3)43(64)56-35(23-39(51)61)45(66)55-29(5)50-69-38-22-34-21-37(48(34,6)7)49(38,8)70-50/h13-20,26-29,34-38,41-42,52,59-60,63H,10-12,21-25H2,1-9H3,(H2,51,61)(H,53,67)(H,54,68)(H,55,66)(H,56,64)(H,57,65)/t26-,27+,28?,29+,34+,35+,36-,37+,38?,41+,42?,49+/m1/s1. The average molecular weight is 977 g/mol. The molecule has 11 N–H and O–H groups in total. The highest BCUT2D eigenvalue weighted by atomic mass is 16.7. The largest absolute Gasteiger partial charge is 0.481 e. The number of hydrogen-bond acceptors (Lipinski definition) is 13. The number of carbonyl (C=O) groups is 7. The van der Waals surface area contributed by atoms with Crippen molar-refractivity contribution >= 4 is 48.5 Å². The molecule has 1 heterocycles. The van der Waals surface area contributed by atoms with Crippen molar-refractivity contribution in [1.82, 2.24) is 36.8 Å². The molecule has 2 aromatic rings. The number of carbonyl (C=O) groups excluding carboxylic acids is 7. The number of benzene rings is 2. The Morgan fingerprint density at radius 1 is 0.814 bits per heavy atom. The number of aliphatic hydroxyl groups is 3. The molecule has 20 nitrogen and oxygen atoms in total. The zero-order chi connectivity index (χ0) is 51.8. The zero-order valence-corrected chi connectivity index (χ0v) is 41.7. The smallest absolute Gasteiger partial charge is 0.404 e. The molecule has 4 aliphatic rings. The maximum absolute atomic E-state index is 13.5. The van der Waals surface area contributed by atoms with Crippen LogP contribution in [0.15, 0.2) is 48.5 Å². The Bertz CT molecular complexity index is 2200. The van der Waals surface area contributed by atoms with Crippen LogP contribution in [0.5, 0.6) is 0 Å². The maximum atomic E-state index is 13.5. The predicted molar refractivity (Wildman–Crippen MR) is 260 cm³/mol. The van der Waals surface area contributed by atoms with Gasteiger partial charge in [0, 0.05) is 12.6 Å². The number of primary amides is 1. The first-order chi connectivity index (χ1) is 32.9. The molecule has 0 aromatic heterocycles. The average Bonchev–Trinajstić information content (AvgIpc) is 3.68. The van der Waals surface area contributed by atoms with Crippen LogP contribution in [0.25, 0.3) is 11.1 Å². The third-order valence-electron chi connectivity index (χ3n) is 14.4. The van der Waals surface area contributed by atoms with Gasteiger partial charge in [0.15, 0.2) is 0 Å². The Morgan fingerprint density at radius 2 is 1.43 bits per heavy atom. The molecule has 0 radical (unpaired) electrons. The number of hydrogen-bond donors (Lipinski definition) is 10. The number of aryl methyl sites for hydroxylation is 1. The van der Waals surface area contributed by atoms with Gasteiger partial charge in [0.05, 0.1) is 49.4 Å². The normalized spacial score (nSPS) is 23.3. The Kier molecular flexibility index (Phi) is 18.7. The second-order valence-corrected chi connectivity index (χ2v) is 20.0. The molecule has 3 unspecified atom stereocenters. The molecule has 1 saturated heterocycles. The van der Waals surface area contributed by atoms with Crippen LogP contribution in [0.4, 0.5) is 0 Å². The maximum Gasteiger partial charge on any atom is 0.481 e. The van der Waals surface area contributed by atoms with Crippen molar-refractivity contribution in [3.8, 4) is 11.1 Å². The fourth-order valence-electron chi connectivity index (χ4n) is 9.84. The fraction of sp³-hybridized carbons (Fsp3) is 0.612. The summed E-state index contributed by atoms with van der Waals surface area (Å²) in [6.07, 6.45) is 1.41. The monoisotopic (exact) mass is 977 g/mol. The van der Waals surface area contributed by atoms with Gasteiger partial charge < -0.3 is 61.8 Å². The first-order valence-corrected chi connectivity index (χ1v) is 24.2. The third kappa shape index (κ3) is 13.1. The molecule has 0 spiro atoms. The predicted octanol–water partition coefficient (Wildman–Crippen LogP) is 0.0445. The SMILES string of the molecule is CCCCc1ccc(-c2ccc(C(=O)N[C@H](CO)C(=O)N[C@H](C)C(O)NCC(=O)N(C)[C@H](C(=O)N[C@@H](C)C(=O)N[C@@H](CC(N)=O)C(=O)N[C@@H](C)B3OC4C[C@@H]5C[C@@H](C5(C)C)[C@]4(C)O3)C(C)O)cc2)cc1. The molecule has 6 rings (SSSR count). The van der Waals surface area contributed by atoms with Crippen molar-refractivity contribution < 1.29 is 58.2 Å². The van der Waals surface area contributed by atoms with E-state index in [2.05, 4.69) is 64.8 Å². The van der Waals surface area contributed by atoms with Gasteiger partial charge in [0.2, 0.25) is 35.4 Å². The van der Waals surface area contributed by atoms with E-state index >= 15 is 0 Å². The molecular weight excluding hydrogens is 903 g/mol. The van der Waals surface area contributed by atoms with Gasteiger partial charge in [-0.25, -0.2) is 0 Å². The van der Waals surface area contributed by atoms with Crippen molar-refractivity contribution in [3.05, 3.63) is 59.7 Å². The summed E-state index contributed by atoms with van der Waals surface area (Å²) in [5.74, 6) is -5.48. The minimum atomic E-state index is -1.54. The Labute approximate surface area is 410 Å². The minimum Gasteiger partial charge on any atom is -0.404 e. The van der Waals surface area contributed by atoms with E-state index in [1.807, 2.05) is 19.1 Å². The molecular formula is C49H73BN8O12. The molecule has 7 amide bonds. The van der Waals surface area contributed by atoms with Gasteiger partial charge in [-0.05, 0) is 106 Å². The topological polar surface area (TPSA) is 300 Å². The Morgan fingerprint density at radius 3 is 2.00 bits per heavy atom. The van der Waals surface area contributed by atoms with Crippen LogP contribution >= 0.6 is 0 Å². The highest BCUT2D eigenvalue weighted by molar-refractivity contribution is 6.47. The van der Waals surface area contributed by atoms with Crippen LogP contribution < -0.4 is 37.6 Å². The number of likely N-dealkylation sites (N-methyl/N-ethyl adjacent to an activating group) is 1. The van der Waals surface area contributed by atoms with E-state index in [0.29, 0.717) is 5.92 Å². The third-order valence-corrected chi connectivity index (χ3v) is 14.4. The molecule has 3 aliphatic carbocycles. The molecule has 70 heavy (non-hydrogen) atoms. The Hall–Kier alpha value is -5.45. The summed E-state index contributed by atoms with van der Waals surface area (Å²) in [6, 6.07) is 8.25. The summed E-state index contributed by atoms with van der Waals surface area (Å²) >= 11 is 0. The molecule has 21 heteroatoms. The van der Waals surface area contributed by atoms with Gasteiger partial charge in [-0.15, -0.1) is 0 Å². The van der Waals surface area contributed by atoms with E-state index in [9.17, 15) is 48.9 Å². The number of nitrogens with one attached hydrogen (secondary N) is 6. The van der Waals surface area contributed by atoms with Crippen LogP contribution in [0.1, 0.15) is 103 Å². The highest BCUT2D eigenvalue weighted by Gasteiger charge is 2.68. The summed E-state index contributed by atoms with van der Waals surface area (Å²) in [6.45, 7) is 13.0. The molecule has 2 aromatic carbocycles. The van der Waals surface area contributed by atoms with Crippen LogP contribution in [0.3, 0.4) is 0 Å². The van der Waals surface area contributed by atoms with E-state index in [0.717, 1.165) is 48.1 Å². The lowest BCUT2D eigenvalue weighted by Crippen LogP contribution is -2.65. The van der Waals surface area contributed by atoms with Gasteiger partial charge >= 0.3 is 7.12 Å². The number of nitrogens with two attached hydrogens (primary N) is 1. The number of amides is 7. The number of nitrogens with zero attached hydrogens (tertiary/aromatic N) is 1. The first-order valence-electron chi connectivity index (χ1n) is 24.2. The second-order valence-electron chi connectivity index (χ2n) is 20.0. The lowest BCUT2D eigenvalue weighted by Gasteiger charge is -2.64. The number of aliphatic hydroxyl groups excluding tert-OH is 3. The van der Waals surface area contributed by atoms with E-state index < -0.39 is 122 Å². The summed E-state index contributed by atoms with van der Waals surface area (Å²) in [5.41, 5.74) is 8.40. The van der Waals surface area contributed by atoms with Crippen LogP contribution in [0, 0.1) is 17.3 Å². The quantitative estimate of drug-likeness (QED) is 0.0492. The number of unbranched alkanes of at least 4 members (excludes halogenated alkanes) is 1. The van der Waals surface area contributed by atoms with E-state index in [4.69, 9.17) is 15.0 Å². The van der Waals surface area contributed by atoms with E-state index in [1.54, 1.807) is 31.2 Å². The van der Waals surface area contributed by atoms with Crippen molar-refractivity contribution in [1.29, 1.82) is 0 Å². The molecule has 4 fully saturated rings. The summed E-state index contributed by atoms with van der Waals surface area (Å²) in [4.78, 5) is 92.6. The van der Waals surface area contributed by atoms with E-state index in [-0.39, 0.29) is 23.0 Å². The summed E-state index contributed by atoms with van der Waals surface area (Å²) < 4.78 is 12.7.